The summed E-state index contributed by atoms with van der Waals surface area (Å²) in [5.74, 6) is -0.230. The van der Waals surface area contributed by atoms with Gasteiger partial charge in [0, 0.05) is 12.1 Å². The normalized spacial score (nSPS) is 11.0. The average molecular weight is 356 g/mol. The number of hydrogen-bond donors (Lipinski definition) is 1. The van der Waals surface area contributed by atoms with Gasteiger partial charge in [-0.25, -0.2) is 0 Å². The first-order valence-electron chi connectivity index (χ1n) is 7.92. The minimum Gasteiger partial charge on any atom is -0.308 e. The first kappa shape index (κ1) is 17.2. The molecule has 3 aromatic rings. The summed E-state index contributed by atoms with van der Waals surface area (Å²) in [4.78, 5) is 14.8. The molecule has 130 valence electrons. The Morgan fingerprint density at radius 1 is 1.24 bits per heavy atom. The van der Waals surface area contributed by atoms with Crippen LogP contribution in [0.25, 0.3) is 11.3 Å². The Hall–Kier alpha value is -2.58. The molecule has 3 rings (SSSR count). The Morgan fingerprint density at radius 3 is 2.64 bits per heavy atom. The minimum absolute atomic E-state index is 0.230. The van der Waals surface area contributed by atoms with E-state index in [-0.39, 0.29) is 5.91 Å². The number of aryl methyl sites for hydroxylation is 1. The number of aromatic nitrogens is 4. The number of nitrogens with one attached hydrogen (secondary N) is 1. The van der Waals surface area contributed by atoms with Gasteiger partial charge in [0.05, 0.1) is 24.0 Å². The maximum Gasteiger partial charge on any atom is 0.261 e. The number of likely N-dealkylation sites (N-methyl/N-ethyl adjacent to an activating group) is 1. The van der Waals surface area contributed by atoms with Crippen molar-refractivity contribution < 1.29 is 4.79 Å². The zero-order valence-electron chi connectivity index (χ0n) is 14.4. The van der Waals surface area contributed by atoms with E-state index < -0.39 is 0 Å². The van der Waals surface area contributed by atoms with E-state index in [1.165, 1.54) is 11.3 Å². The van der Waals surface area contributed by atoms with Crippen molar-refractivity contribution in [2.24, 2.45) is 0 Å². The molecular formula is C17H20N6OS. The van der Waals surface area contributed by atoms with Gasteiger partial charge in [0.15, 0.2) is 0 Å². The number of carbonyl (C=O) groups is 1. The Morgan fingerprint density at radius 2 is 2.00 bits per heavy atom. The van der Waals surface area contributed by atoms with Gasteiger partial charge < -0.3 is 4.90 Å². The van der Waals surface area contributed by atoms with Gasteiger partial charge in [-0.05, 0) is 21.0 Å². The predicted octanol–water partition coefficient (Wildman–Crippen LogP) is 2.52. The summed E-state index contributed by atoms with van der Waals surface area (Å²) in [5, 5.41) is 16.4. The molecule has 0 bridgehead atoms. The summed E-state index contributed by atoms with van der Waals surface area (Å²) in [6.07, 6.45) is 1.61. The summed E-state index contributed by atoms with van der Waals surface area (Å²) < 4.78 is 1.87. The standard InChI is InChI=1S/C17H20N6OS/c1-12-20-21-17(25-12)19-16(24)14-11-18-23(10-9-22(2)3)15(14)13-7-5-4-6-8-13/h4-8,11H,9-10H2,1-3H3,(H,19,21,24). The highest BCUT2D eigenvalue weighted by Crippen LogP contribution is 2.25. The van der Waals surface area contributed by atoms with Gasteiger partial charge in [0.1, 0.15) is 5.01 Å². The molecule has 0 saturated carbocycles. The van der Waals surface area contributed by atoms with Gasteiger partial charge >= 0.3 is 0 Å². The van der Waals surface area contributed by atoms with Gasteiger partial charge in [-0.2, -0.15) is 5.10 Å². The molecule has 1 amide bonds. The van der Waals surface area contributed by atoms with Gasteiger partial charge in [-0.15, -0.1) is 10.2 Å². The third kappa shape index (κ3) is 4.09. The molecule has 0 aliphatic heterocycles. The first-order chi connectivity index (χ1) is 12.0. The lowest BCUT2D eigenvalue weighted by Gasteiger charge is -2.13. The van der Waals surface area contributed by atoms with Crippen LogP contribution in [-0.4, -0.2) is 51.4 Å². The molecule has 0 atom stereocenters. The van der Waals surface area contributed by atoms with E-state index in [9.17, 15) is 4.79 Å². The molecule has 0 aliphatic carbocycles. The van der Waals surface area contributed by atoms with Crippen LogP contribution in [0.5, 0.6) is 0 Å². The summed E-state index contributed by atoms with van der Waals surface area (Å²) in [6, 6.07) is 9.82. The molecular weight excluding hydrogens is 336 g/mol. The van der Waals surface area contributed by atoms with Gasteiger partial charge in [0.2, 0.25) is 5.13 Å². The van der Waals surface area contributed by atoms with Crippen molar-refractivity contribution in [1.82, 2.24) is 24.9 Å². The van der Waals surface area contributed by atoms with Crippen molar-refractivity contribution in [2.75, 3.05) is 26.0 Å². The number of carbonyl (C=O) groups excluding carboxylic acids is 1. The quantitative estimate of drug-likeness (QED) is 0.734. The number of amides is 1. The van der Waals surface area contributed by atoms with E-state index in [0.29, 0.717) is 17.2 Å². The van der Waals surface area contributed by atoms with Crippen molar-refractivity contribution in [3.8, 4) is 11.3 Å². The van der Waals surface area contributed by atoms with Crippen molar-refractivity contribution in [1.29, 1.82) is 0 Å². The van der Waals surface area contributed by atoms with Crippen molar-refractivity contribution in [3.05, 3.63) is 47.1 Å². The number of rotatable bonds is 6. The third-order valence-electron chi connectivity index (χ3n) is 3.64. The SMILES string of the molecule is Cc1nnc(NC(=O)c2cnn(CCN(C)C)c2-c2ccccc2)s1. The van der Waals surface area contributed by atoms with Crippen LogP contribution in [0.1, 0.15) is 15.4 Å². The second-order valence-corrected chi connectivity index (χ2v) is 7.06. The van der Waals surface area contributed by atoms with Crippen molar-refractivity contribution >= 4 is 22.4 Å². The van der Waals surface area contributed by atoms with Crippen LogP contribution in [0.2, 0.25) is 0 Å². The molecule has 0 spiro atoms. The highest BCUT2D eigenvalue weighted by Gasteiger charge is 2.20. The first-order valence-corrected chi connectivity index (χ1v) is 8.73. The number of anilines is 1. The van der Waals surface area contributed by atoms with Crippen LogP contribution in [0.3, 0.4) is 0 Å². The lowest BCUT2D eigenvalue weighted by molar-refractivity contribution is 0.102. The molecule has 0 aliphatic rings. The number of benzene rings is 1. The van der Waals surface area contributed by atoms with Gasteiger partial charge in [0.25, 0.3) is 5.91 Å². The monoisotopic (exact) mass is 356 g/mol. The average Bonchev–Trinajstić information content (AvgIpc) is 3.19. The molecule has 25 heavy (non-hydrogen) atoms. The van der Waals surface area contributed by atoms with Crippen LogP contribution < -0.4 is 5.32 Å². The molecule has 8 heteroatoms. The summed E-state index contributed by atoms with van der Waals surface area (Å²) >= 11 is 1.35. The van der Waals surface area contributed by atoms with E-state index in [2.05, 4.69) is 25.5 Å². The van der Waals surface area contributed by atoms with Crippen LogP contribution in [0.15, 0.2) is 36.5 Å². The van der Waals surface area contributed by atoms with Crippen molar-refractivity contribution in [3.63, 3.8) is 0 Å². The third-order valence-corrected chi connectivity index (χ3v) is 4.39. The smallest absolute Gasteiger partial charge is 0.261 e. The Bertz CT molecular complexity index is 855. The zero-order valence-corrected chi connectivity index (χ0v) is 15.2. The largest absolute Gasteiger partial charge is 0.308 e. The second kappa shape index (κ2) is 7.54. The summed E-state index contributed by atoms with van der Waals surface area (Å²) in [6.45, 7) is 3.38. The molecule has 1 aromatic carbocycles. The number of hydrogen-bond acceptors (Lipinski definition) is 6. The molecule has 0 unspecified atom stereocenters. The van der Waals surface area contributed by atoms with Gasteiger partial charge in [-0.3, -0.25) is 14.8 Å². The molecule has 7 nitrogen and oxygen atoms in total. The van der Waals surface area contributed by atoms with Crippen LogP contribution in [-0.2, 0) is 6.54 Å². The highest BCUT2D eigenvalue weighted by molar-refractivity contribution is 7.15. The maximum absolute atomic E-state index is 12.7. The molecule has 0 fully saturated rings. The van der Waals surface area contributed by atoms with E-state index in [1.54, 1.807) is 6.20 Å². The fraction of sp³-hybridized carbons (Fsp3) is 0.294. The molecule has 2 heterocycles. The minimum atomic E-state index is -0.230. The van der Waals surface area contributed by atoms with Crippen LogP contribution in [0, 0.1) is 6.92 Å². The van der Waals surface area contributed by atoms with Crippen LogP contribution >= 0.6 is 11.3 Å². The predicted molar refractivity (Wildman–Crippen MR) is 98.8 cm³/mol. The van der Waals surface area contributed by atoms with E-state index >= 15 is 0 Å². The Kier molecular flexibility index (Phi) is 5.20. The Labute approximate surface area is 150 Å². The Balaban J connectivity index is 1.94. The van der Waals surface area contributed by atoms with Crippen molar-refractivity contribution in [2.45, 2.75) is 13.5 Å². The van der Waals surface area contributed by atoms with Crippen LogP contribution in [0.4, 0.5) is 5.13 Å². The van der Waals surface area contributed by atoms with E-state index in [0.717, 1.165) is 22.8 Å². The lowest BCUT2D eigenvalue weighted by Crippen LogP contribution is -2.20. The molecule has 1 N–H and O–H groups in total. The van der Waals surface area contributed by atoms with E-state index in [4.69, 9.17) is 0 Å². The zero-order chi connectivity index (χ0) is 17.8. The maximum atomic E-state index is 12.7. The topological polar surface area (TPSA) is 75.9 Å². The molecule has 0 saturated heterocycles. The molecule has 2 aromatic heterocycles. The van der Waals surface area contributed by atoms with Gasteiger partial charge in [-0.1, -0.05) is 41.7 Å². The highest BCUT2D eigenvalue weighted by atomic mass is 32.1. The second-order valence-electron chi connectivity index (χ2n) is 5.88. The van der Waals surface area contributed by atoms with E-state index in [1.807, 2.05) is 56.0 Å². The molecule has 0 radical (unpaired) electrons. The summed E-state index contributed by atoms with van der Waals surface area (Å²) in [7, 11) is 4.02. The number of nitrogens with zero attached hydrogens (tertiary/aromatic N) is 5. The fourth-order valence-corrected chi connectivity index (χ4v) is 3.01. The fourth-order valence-electron chi connectivity index (χ4n) is 2.43. The lowest BCUT2D eigenvalue weighted by atomic mass is 10.1. The summed E-state index contributed by atoms with van der Waals surface area (Å²) in [5.41, 5.74) is 2.29.